The van der Waals surface area contributed by atoms with E-state index in [2.05, 4.69) is 28.0 Å². The molecular weight excluding hydrogens is 358 g/mol. The summed E-state index contributed by atoms with van der Waals surface area (Å²) in [5.41, 5.74) is 7.28. The molecule has 0 radical (unpaired) electrons. The Morgan fingerprint density at radius 3 is 2.07 bits per heavy atom. The molecule has 0 saturated heterocycles. The summed E-state index contributed by atoms with van der Waals surface area (Å²) in [5.74, 6) is 6.39. The minimum Gasteiger partial charge on any atom is -0.378 e. The summed E-state index contributed by atoms with van der Waals surface area (Å²) in [5, 5.41) is 2.83. The predicted octanol–water partition coefficient (Wildman–Crippen LogP) is 1.20. The number of ether oxygens (including phenoxy) is 3. The van der Waals surface area contributed by atoms with Gasteiger partial charge < -0.3 is 19.5 Å². The van der Waals surface area contributed by atoms with E-state index in [1.807, 2.05) is 33.0 Å². The molecule has 0 aliphatic heterocycles. The zero-order valence-electron chi connectivity index (χ0n) is 17.2. The van der Waals surface area contributed by atoms with E-state index in [0.29, 0.717) is 57.7 Å². The van der Waals surface area contributed by atoms with Gasteiger partial charge in [-0.15, -0.1) is 0 Å². The molecule has 0 saturated carbocycles. The highest BCUT2D eigenvalue weighted by molar-refractivity contribution is 5.94. The van der Waals surface area contributed by atoms with E-state index < -0.39 is 0 Å². The van der Waals surface area contributed by atoms with Gasteiger partial charge in [-0.3, -0.25) is 15.6 Å². The molecule has 1 rings (SSSR count). The summed E-state index contributed by atoms with van der Waals surface area (Å²) in [4.78, 5) is 12.1. The van der Waals surface area contributed by atoms with Crippen molar-refractivity contribution in [2.75, 3.05) is 59.8 Å². The largest absolute Gasteiger partial charge is 0.378 e. The SMILES string of the molecule is CNNCCOCCOCCOCCNC(=O)c1ccc(C#CC(C)C)cc1. The molecule has 0 bridgehead atoms. The van der Waals surface area contributed by atoms with Gasteiger partial charge in [-0.1, -0.05) is 25.7 Å². The van der Waals surface area contributed by atoms with Crippen molar-refractivity contribution in [2.45, 2.75) is 13.8 Å². The third-order valence-electron chi connectivity index (χ3n) is 3.48. The highest BCUT2D eigenvalue weighted by Gasteiger charge is 2.04. The van der Waals surface area contributed by atoms with Crippen molar-refractivity contribution < 1.29 is 19.0 Å². The summed E-state index contributed by atoms with van der Waals surface area (Å²) < 4.78 is 16.2. The van der Waals surface area contributed by atoms with Gasteiger partial charge in [-0.05, 0) is 31.3 Å². The third kappa shape index (κ3) is 12.4. The Morgan fingerprint density at radius 1 is 0.929 bits per heavy atom. The van der Waals surface area contributed by atoms with Crippen molar-refractivity contribution in [3.05, 3.63) is 35.4 Å². The van der Waals surface area contributed by atoms with Crippen LogP contribution in [-0.4, -0.2) is 65.7 Å². The van der Waals surface area contributed by atoms with Gasteiger partial charge in [0, 0.05) is 30.1 Å². The van der Waals surface area contributed by atoms with Gasteiger partial charge in [-0.2, -0.15) is 0 Å². The maximum Gasteiger partial charge on any atom is 0.251 e. The van der Waals surface area contributed by atoms with Crippen molar-refractivity contribution in [1.82, 2.24) is 16.2 Å². The number of rotatable bonds is 14. The van der Waals surface area contributed by atoms with Gasteiger partial charge in [0.15, 0.2) is 0 Å². The summed E-state index contributed by atoms with van der Waals surface area (Å²) in [6.07, 6.45) is 0. The molecule has 0 aliphatic rings. The van der Waals surface area contributed by atoms with Crippen LogP contribution in [0.25, 0.3) is 0 Å². The lowest BCUT2D eigenvalue weighted by Crippen LogP contribution is -2.31. The zero-order valence-corrected chi connectivity index (χ0v) is 17.2. The quantitative estimate of drug-likeness (QED) is 0.251. The highest BCUT2D eigenvalue weighted by atomic mass is 16.5. The summed E-state index contributed by atoms with van der Waals surface area (Å²) >= 11 is 0. The van der Waals surface area contributed by atoms with Crippen molar-refractivity contribution in [3.63, 3.8) is 0 Å². The molecule has 0 aliphatic carbocycles. The van der Waals surface area contributed by atoms with Crippen molar-refractivity contribution in [3.8, 4) is 11.8 Å². The molecule has 3 N–H and O–H groups in total. The van der Waals surface area contributed by atoms with Crippen LogP contribution < -0.4 is 16.2 Å². The number of benzene rings is 1. The maximum atomic E-state index is 12.1. The van der Waals surface area contributed by atoms with Gasteiger partial charge >= 0.3 is 0 Å². The highest BCUT2D eigenvalue weighted by Crippen LogP contribution is 2.03. The van der Waals surface area contributed by atoms with Crippen molar-refractivity contribution in [2.24, 2.45) is 5.92 Å². The van der Waals surface area contributed by atoms with Crippen LogP contribution in [0.15, 0.2) is 24.3 Å². The first-order chi connectivity index (χ1) is 13.6. The van der Waals surface area contributed by atoms with E-state index in [1.165, 1.54) is 0 Å². The zero-order chi connectivity index (χ0) is 20.5. The van der Waals surface area contributed by atoms with Crippen LogP contribution in [0.5, 0.6) is 0 Å². The van der Waals surface area contributed by atoms with Gasteiger partial charge in [0.05, 0.1) is 39.6 Å². The fraction of sp³-hybridized carbons (Fsp3) is 0.571. The van der Waals surface area contributed by atoms with E-state index in [-0.39, 0.29) is 5.91 Å². The van der Waals surface area contributed by atoms with Crippen molar-refractivity contribution >= 4 is 5.91 Å². The maximum absolute atomic E-state index is 12.1. The van der Waals surface area contributed by atoms with Crippen LogP contribution in [-0.2, 0) is 14.2 Å². The van der Waals surface area contributed by atoms with Gasteiger partial charge in [-0.25, -0.2) is 0 Å². The third-order valence-corrected chi connectivity index (χ3v) is 3.48. The fourth-order valence-electron chi connectivity index (χ4n) is 2.06. The molecule has 0 fully saturated rings. The second-order valence-corrected chi connectivity index (χ2v) is 6.27. The van der Waals surface area contributed by atoms with Crippen LogP contribution in [0.3, 0.4) is 0 Å². The standard InChI is InChI=1S/C21H33N3O4/c1-18(2)4-5-19-6-8-20(9-7-19)21(25)23-10-12-26-14-16-28-17-15-27-13-11-24-22-3/h6-9,18,22,24H,10-17H2,1-3H3,(H,23,25). The predicted molar refractivity (Wildman–Crippen MR) is 110 cm³/mol. The average Bonchev–Trinajstić information content (AvgIpc) is 2.70. The average molecular weight is 392 g/mol. The van der Waals surface area contributed by atoms with Gasteiger partial charge in [0.25, 0.3) is 5.91 Å². The first kappa shape index (κ1) is 24.1. The number of hydrogen-bond donors (Lipinski definition) is 3. The Labute approximate surface area is 168 Å². The molecule has 28 heavy (non-hydrogen) atoms. The van der Waals surface area contributed by atoms with E-state index in [9.17, 15) is 4.79 Å². The summed E-state index contributed by atoms with van der Waals surface area (Å²) in [6.45, 7) is 8.46. The van der Waals surface area contributed by atoms with E-state index in [1.54, 1.807) is 12.1 Å². The Bertz CT molecular complexity index is 594. The number of hydrogen-bond acceptors (Lipinski definition) is 6. The monoisotopic (exact) mass is 391 g/mol. The molecule has 7 heteroatoms. The molecule has 0 unspecified atom stereocenters. The molecule has 0 heterocycles. The van der Waals surface area contributed by atoms with E-state index in [0.717, 1.165) is 12.1 Å². The molecule has 156 valence electrons. The number of carbonyl (C=O) groups is 1. The van der Waals surface area contributed by atoms with Crippen LogP contribution >= 0.6 is 0 Å². The number of carbonyl (C=O) groups excluding carboxylic acids is 1. The smallest absolute Gasteiger partial charge is 0.251 e. The Kier molecular flexibility index (Phi) is 13.8. The normalized spacial score (nSPS) is 10.6. The summed E-state index contributed by atoms with van der Waals surface area (Å²) in [6, 6.07) is 7.29. The molecule has 7 nitrogen and oxygen atoms in total. The molecule has 1 amide bonds. The Hall–Kier alpha value is -1.95. The van der Waals surface area contributed by atoms with Gasteiger partial charge in [0.2, 0.25) is 0 Å². The first-order valence-electron chi connectivity index (χ1n) is 9.66. The van der Waals surface area contributed by atoms with E-state index >= 15 is 0 Å². The Morgan fingerprint density at radius 2 is 1.50 bits per heavy atom. The second-order valence-electron chi connectivity index (χ2n) is 6.27. The summed E-state index contributed by atoms with van der Waals surface area (Å²) in [7, 11) is 1.82. The van der Waals surface area contributed by atoms with Crippen LogP contribution in [0, 0.1) is 17.8 Å². The molecule has 0 aromatic heterocycles. The van der Waals surface area contributed by atoms with Crippen LogP contribution in [0.4, 0.5) is 0 Å². The number of amides is 1. The fourth-order valence-corrected chi connectivity index (χ4v) is 2.06. The lowest BCUT2D eigenvalue weighted by molar-refractivity contribution is 0.0154. The topological polar surface area (TPSA) is 80.8 Å². The molecule has 1 aromatic rings. The minimum absolute atomic E-state index is 0.117. The molecule has 1 aromatic carbocycles. The second kappa shape index (κ2) is 16.0. The first-order valence-corrected chi connectivity index (χ1v) is 9.66. The van der Waals surface area contributed by atoms with Gasteiger partial charge in [0.1, 0.15) is 0 Å². The molecule has 0 spiro atoms. The van der Waals surface area contributed by atoms with Crippen LogP contribution in [0.2, 0.25) is 0 Å². The van der Waals surface area contributed by atoms with Crippen molar-refractivity contribution in [1.29, 1.82) is 0 Å². The van der Waals surface area contributed by atoms with Crippen LogP contribution in [0.1, 0.15) is 29.8 Å². The molecular formula is C21H33N3O4. The number of hydrazine groups is 1. The lowest BCUT2D eigenvalue weighted by atomic mass is 10.1. The Balaban J connectivity index is 2.01. The lowest BCUT2D eigenvalue weighted by Gasteiger charge is -2.08. The minimum atomic E-state index is -0.117. The number of nitrogens with one attached hydrogen (secondary N) is 3. The van der Waals surface area contributed by atoms with E-state index in [4.69, 9.17) is 14.2 Å². The molecule has 0 atom stereocenters.